The Balaban J connectivity index is 1.92. The van der Waals surface area contributed by atoms with Gasteiger partial charge in [0.15, 0.2) is 17.5 Å². The quantitative estimate of drug-likeness (QED) is 0.246. The lowest BCUT2D eigenvalue weighted by Crippen LogP contribution is -2.23. The molecular formula is C32H34N4O2. The van der Waals surface area contributed by atoms with Crippen molar-refractivity contribution in [2.24, 2.45) is 0 Å². The largest absolute Gasteiger partial charge is 0.507 e. The average molecular weight is 507 g/mol. The van der Waals surface area contributed by atoms with Crippen LogP contribution in [0.5, 0.6) is 11.5 Å². The maximum atomic E-state index is 11.4. The maximum absolute atomic E-state index is 11.4. The molecule has 0 bridgehead atoms. The number of aromatic nitrogens is 3. The first kappa shape index (κ1) is 26.8. The molecule has 0 saturated carbocycles. The minimum atomic E-state index is -0.0625. The van der Waals surface area contributed by atoms with Crippen molar-refractivity contribution in [3.8, 4) is 45.7 Å². The second-order valence-corrected chi connectivity index (χ2v) is 9.67. The van der Waals surface area contributed by atoms with Gasteiger partial charge in [-0.25, -0.2) is 15.0 Å². The lowest BCUT2D eigenvalue weighted by Gasteiger charge is -2.21. The van der Waals surface area contributed by atoms with Crippen LogP contribution < -0.4 is 0 Å². The Morgan fingerprint density at radius 1 is 0.684 bits per heavy atom. The molecule has 3 aromatic carbocycles. The SMILES string of the molecule is C=CCN(CC=C)Cc1c(O)ccc(-c2nc(-c3ccc(C)cc3C)nc(-c3ccc(C)cc3C)n2)c1O. The summed E-state index contributed by atoms with van der Waals surface area (Å²) in [5, 5.41) is 22.0. The lowest BCUT2D eigenvalue weighted by atomic mass is 10.0. The molecular weight excluding hydrogens is 472 g/mol. The topological polar surface area (TPSA) is 82.4 Å². The van der Waals surface area contributed by atoms with E-state index in [9.17, 15) is 10.2 Å². The molecule has 194 valence electrons. The van der Waals surface area contributed by atoms with Crippen molar-refractivity contribution in [3.63, 3.8) is 0 Å². The third kappa shape index (κ3) is 5.66. The van der Waals surface area contributed by atoms with Crippen LogP contribution in [0.4, 0.5) is 0 Å². The van der Waals surface area contributed by atoms with E-state index in [-0.39, 0.29) is 11.5 Å². The van der Waals surface area contributed by atoms with Crippen LogP contribution >= 0.6 is 0 Å². The summed E-state index contributed by atoms with van der Waals surface area (Å²) in [4.78, 5) is 16.5. The number of aromatic hydroxyl groups is 2. The predicted molar refractivity (Wildman–Crippen MR) is 154 cm³/mol. The average Bonchev–Trinajstić information content (AvgIpc) is 2.86. The molecule has 0 atom stereocenters. The molecule has 0 aliphatic rings. The molecule has 0 fully saturated rings. The number of nitrogens with zero attached hydrogens (tertiary/aromatic N) is 4. The van der Waals surface area contributed by atoms with Gasteiger partial charge in [0.1, 0.15) is 11.5 Å². The van der Waals surface area contributed by atoms with Crippen molar-refractivity contribution >= 4 is 0 Å². The van der Waals surface area contributed by atoms with Gasteiger partial charge < -0.3 is 10.2 Å². The fraction of sp³-hybridized carbons (Fsp3) is 0.219. The van der Waals surface area contributed by atoms with E-state index >= 15 is 0 Å². The minimum Gasteiger partial charge on any atom is -0.507 e. The molecule has 6 nitrogen and oxygen atoms in total. The van der Waals surface area contributed by atoms with Crippen molar-refractivity contribution in [2.45, 2.75) is 34.2 Å². The van der Waals surface area contributed by atoms with E-state index < -0.39 is 0 Å². The zero-order chi connectivity index (χ0) is 27.4. The Labute approximate surface area is 224 Å². The van der Waals surface area contributed by atoms with Gasteiger partial charge in [0, 0.05) is 30.8 Å². The van der Waals surface area contributed by atoms with Crippen LogP contribution in [-0.2, 0) is 6.54 Å². The first-order valence-electron chi connectivity index (χ1n) is 12.6. The number of phenolic OH excluding ortho intramolecular Hbond substituents is 2. The Bertz CT molecular complexity index is 1430. The molecule has 0 spiro atoms. The fourth-order valence-corrected chi connectivity index (χ4v) is 4.62. The second kappa shape index (κ2) is 11.4. The highest BCUT2D eigenvalue weighted by atomic mass is 16.3. The van der Waals surface area contributed by atoms with E-state index in [4.69, 9.17) is 15.0 Å². The number of hydrogen-bond acceptors (Lipinski definition) is 6. The molecule has 38 heavy (non-hydrogen) atoms. The normalized spacial score (nSPS) is 11.1. The van der Waals surface area contributed by atoms with E-state index in [1.54, 1.807) is 24.3 Å². The van der Waals surface area contributed by atoms with Crippen molar-refractivity contribution in [3.05, 3.63) is 102 Å². The van der Waals surface area contributed by atoms with Crippen molar-refractivity contribution in [2.75, 3.05) is 13.1 Å². The molecule has 4 rings (SSSR count). The molecule has 0 unspecified atom stereocenters. The van der Waals surface area contributed by atoms with Crippen molar-refractivity contribution in [1.29, 1.82) is 0 Å². The highest BCUT2D eigenvalue weighted by Crippen LogP contribution is 2.38. The summed E-state index contributed by atoms with van der Waals surface area (Å²) < 4.78 is 0. The van der Waals surface area contributed by atoms with Crippen LogP contribution in [0.15, 0.2) is 73.8 Å². The van der Waals surface area contributed by atoms with Gasteiger partial charge in [-0.3, -0.25) is 4.90 Å². The summed E-state index contributed by atoms with van der Waals surface area (Å²) in [5.74, 6) is 1.32. The smallest absolute Gasteiger partial charge is 0.167 e. The molecule has 0 radical (unpaired) electrons. The van der Waals surface area contributed by atoms with Crippen LogP contribution in [0, 0.1) is 27.7 Å². The highest BCUT2D eigenvalue weighted by molar-refractivity contribution is 5.73. The van der Waals surface area contributed by atoms with Gasteiger partial charge in [-0.05, 0) is 51.0 Å². The number of rotatable bonds is 9. The van der Waals surface area contributed by atoms with Gasteiger partial charge in [-0.1, -0.05) is 59.7 Å². The Morgan fingerprint density at radius 3 is 1.58 bits per heavy atom. The van der Waals surface area contributed by atoms with E-state index in [0.29, 0.717) is 48.2 Å². The monoisotopic (exact) mass is 506 g/mol. The summed E-state index contributed by atoms with van der Waals surface area (Å²) in [6.07, 6.45) is 3.56. The van der Waals surface area contributed by atoms with Gasteiger partial charge in [0.2, 0.25) is 0 Å². The van der Waals surface area contributed by atoms with Gasteiger partial charge in [-0.2, -0.15) is 0 Å². The van der Waals surface area contributed by atoms with E-state index in [1.807, 2.05) is 43.0 Å². The minimum absolute atomic E-state index is 0.00244. The molecule has 1 aromatic heterocycles. The third-order valence-corrected chi connectivity index (χ3v) is 6.54. The summed E-state index contributed by atoms with van der Waals surface area (Å²) in [7, 11) is 0. The number of benzene rings is 3. The fourth-order valence-electron chi connectivity index (χ4n) is 4.62. The molecule has 4 aromatic rings. The van der Waals surface area contributed by atoms with Crippen molar-refractivity contribution < 1.29 is 10.2 Å². The van der Waals surface area contributed by atoms with E-state index in [1.165, 1.54) is 0 Å². The molecule has 1 heterocycles. The molecule has 0 aliphatic carbocycles. The van der Waals surface area contributed by atoms with Crippen LogP contribution in [0.2, 0.25) is 0 Å². The van der Waals surface area contributed by atoms with E-state index in [0.717, 1.165) is 33.4 Å². The molecule has 0 saturated heterocycles. The summed E-state index contributed by atoms with van der Waals surface area (Å²) in [5.41, 5.74) is 7.02. The van der Waals surface area contributed by atoms with Gasteiger partial charge in [-0.15, -0.1) is 13.2 Å². The molecule has 2 N–H and O–H groups in total. The van der Waals surface area contributed by atoms with Crippen LogP contribution in [0.1, 0.15) is 27.8 Å². The van der Waals surface area contributed by atoms with Gasteiger partial charge in [0.05, 0.1) is 11.1 Å². The zero-order valence-electron chi connectivity index (χ0n) is 22.5. The lowest BCUT2D eigenvalue weighted by molar-refractivity contribution is 0.313. The van der Waals surface area contributed by atoms with E-state index in [2.05, 4.69) is 39.1 Å². The first-order valence-corrected chi connectivity index (χ1v) is 12.6. The number of hydrogen-bond donors (Lipinski definition) is 2. The summed E-state index contributed by atoms with van der Waals surface area (Å²) >= 11 is 0. The van der Waals surface area contributed by atoms with Gasteiger partial charge in [0.25, 0.3) is 0 Å². The first-order chi connectivity index (χ1) is 18.2. The zero-order valence-corrected chi connectivity index (χ0v) is 22.5. The Morgan fingerprint density at radius 2 is 1.13 bits per heavy atom. The number of aryl methyl sites for hydroxylation is 4. The molecule has 6 heteroatoms. The predicted octanol–water partition coefficient (Wildman–Crippen LogP) is 6.69. The third-order valence-electron chi connectivity index (χ3n) is 6.54. The standard InChI is InChI=1S/C32H34N4O2/c1-7-15-36(16-8-2)19-27-28(37)14-13-26(29(27)38)32-34-30(24-11-9-20(3)17-22(24)5)33-31(35-32)25-12-10-21(4)18-23(25)6/h7-14,17-18,37-38H,1-2,15-16,19H2,3-6H3. The second-order valence-electron chi connectivity index (χ2n) is 9.67. The van der Waals surface area contributed by atoms with Gasteiger partial charge >= 0.3 is 0 Å². The maximum Gasteiger partial charge on any atom is 0.167 e. The van der Waals surface area contributed by atoms with Crippen LogP contribution in [0.25, 0.3) is 34.2 Å². The van der Waals surface area contributed by atoms with Crippen molar-refractivity contribution in [1.82, 2.24) is 19.9 Å². The molecule has 0 amide bonds. The Hall–Kier alpha value is -4.29. The Kier molecular flexibility index (Phi) is 8.03. The summed E-state index contributed by atoms with van der Waals surface area (Å²) in [6.45, 7) is 17.2. The molecule has 0 aliphatic heterocycles. The highest BCUT2D eigenvalue weighted by Gasteiger charge is 2.21. The summed E-state index contributed by atoms with van der Waals surface area (Å²) in [6, 6.07) is 15.5. The number of phenols is 2. The van der Waals surface area contributed by atoms with Crippen LogP contribution in [0.3, 0.4) is 0 Å². The van der Waals surface area contributed by atoms with Crippen LogP contribution in [-0.4, -0.2) is 43.2 Å².